The van der Waals surface area contributed by atoms with Crippen LogP contribution in [-0.2, 0) is 9.53 Å². The van der Waals surface area contributed by atoms with Crippen molar-refractivity contribution >= 4 is 43.4 Å². The van der Waals surface area contributed by atoms with E-state index < -0.39 is 17.2 Å². The number of halogens is 4. The third kappa shape index (κ3) is 3.70. The lowest BCUT2D eigenvalue weighted by atomic mass is 9.85. The van der Waals surface area contributed by atoms with Crippen LogP contribution in [0.1, 0.15) is 31.4 Å². The Hall–Kier alpha value is -1.53. The van der Waals surface area contributed by atoms with Crippen molar-refractivity contribution in [1.29, 1.82) is 0 Å². The maximum absolute atomic E-state index is 14.6. The average Bonchev–Trinajstić information content (AvgIpc) is 2.73. The zero-order chi connectivity index (χ0) is 18.4. The fraction of sp³-hybridized carbons (Fsp3) is 0.211. The zero-order valence-corrected chi connectivity index (χ0v) is 16.7. The fourth-order valence-corrected chi connectivity index (χ4v) is 4.31. The number of carbonyl (C=O) groups is 1. The van der Waals surface area contributed by atoms with E-state index in [0.717, 1.165) is 15.0 Å². The van der Waals surface area contributed by atoms with Gasteiger partial charge in [0.05, 0.1) is 6.42 Å². The summed E-state index contributed by atoms with van der Waals surface area (Å²) >= 11 is 6.86. The number of benzene rings is 2. The Balaban J connectivity index is 2.35. The molecule has 130 valence electrons. The molecule has 2 aromatic carbocycles. The minimum Gasteiger partial charge on any atom is -0.455 e. The first-order valence-electron chi connectivity index (χ1n) is 7.55. The lowest BCUT2D eigenvalue weighted by Gasteiger charge is -2.23. The molecule has 25 heavy (non-hydrogen) atoms. The largest absolute Gasteiger partial charge is 0.455 e. The minimum absolute atomic E-state index is 0.0588. The average molecular weight is 472 g/mol. The number of hydrogen-bond donors (Lipinski definition) is 0. The van der Waals surface area contributed by atoms with E-state index in [-0.39, 0.29) is 18.0 Å². The number of rotatable bonds is 2. The molecule has 2 nitrogen and oxygen atoms in total. The van der Waals surface area contributed by atoms with Crippen LogP contribution in [0.15, 0.2) is 50.9 Å². The Morgan fingerprint density at radius 2 is 1.72 bits per heavy atom. The summed E-state index contributed by atoms with van der Waals surface area (Å²) in [7, 11) is 0. The van der Waals surface area contributed by atoms with E-state index in [1.165, 1.54) is 12.1 Å². The summed E-state index contributed by atoms with van der Waals surface area (Å²) < 4.78 is 34.9. The molecule has 0 atom stereocenters. The standard InChI is InChI=1S/C19H14Br2F2O2/c1-19(2)15(9-17(24)25-19)18(10-5-11(20)7-12(21)6-10)14-4-3-13(22)8-16(14)23/h3-8H,9H2,1-2H3. The summed E-state index contributed by atoms with van der Waals surface area (Å²) in [6.45, 7) is 3.53. The molecular weight excluding hydrogens is 458 g/mol. The van der Waals surface area contributed by atoms with Crippen LogP contribution in [0.25, 0.3) is 5.57 Å². The van der Waals surface area contributed by atoms with Gasteiger partial charge in [0.25, 0.3) is 0 Å². The molecule has 0 aromatic heterocycles. The Bertz CT molecular complexity index is 884. The van der Waals surface area contributed by atoms with Crippen molar-refractivity contribution in [1.82, 2.24) is 0 Å². The lowest BCUT2D eigenvalue weighted by molar-refractivity contribution is -0.145. The first-order valence-corrected chi connectivity index (χ1v) is 9.13. The smallest absolute Gasteiger partial charge is 0.310 e. The molecule has 3 rings (SSSR count). The van der Waals surface area contributed by atoms with Crippen molar-refractivity contribution in [3.05, 3.63) is 73.7 Å². The van der Waals surface area contributed by atoms with Gasteiger partial charge >= 0.3 is 5.97 Å². The third-order valence-electron chi connectivity index (χ3n) is 4.07. The van der Waals surface area contributed by atoms with Gasteiger partial charge in [-0.2, -0.15) is 0 Å². The molecule has 0 N–H and O–H groups in total. The van der Waals surface area contributed by atoms with Crippen LogP contribution in [0.4, 0.5) is 8.78 Å². The molecule has 6 heteroatoms. The number of esters is 1. The van der Waals surface area contributed by atoms with Crippen molar-refractivity contribution in [3.8, 4) is 0 Å². The number of ether oxygens (including phenoxy) is 1. The Kier molecular flexibility index (Phi) is 4.86. The van der Waals surface area contributed by atoms with E-state index in [9.17, 15) is 13.6 Å². The molecule has 0 aliphatic carbocycles. The van der Waals surface area contributed by atoms with Gasteiger partial charge in [0.1, 0.15) is 17.2 Å². The normalized spacial score (nSPS) is 18.2. The second-order valence-electron chi connectivity index (χ2n) is 6.30. The highest BCUT2D eigenvalue weighted by atomic mass is 79.9. The van der Waals surface area contributed by atoms with Gasteiger partial charge in [-0.15, -0.1) is 0 Å². The molecule has 1 saturated heterocycles. The molecule has 0 saturated carbocycles. The van der Waals surface area contributed by atoms with Gasteiger partial charge in [0, 0.05) is 20.6 Å². The van der Waals surface area contributed by atoms with E-state index in [0.29, 0.717) is 16.7 Å². The van der Waals surface area contributed by atoms with Crippen LogP contribution in [0.2, 0.25) is 0 Å². The summed E-state index contributed by atoms with van der Waals surface area (Å²) in [4.78, 5) is 11.9. The molecule has 1 aliphatic rings. The van der Waals surface area contributed by atoms with Crippen molar-refractivity contribution in [2.24, 2.45) is 0 Å². The summed E-state index contributed by atoms with van der Waals surface area (Å²) in [6, 6.07) is 8.95. The number of cyclic esters (lactones) is 1. The van der Waals surface area contributed by atoms with Gasteiger partial charge in [-0.3, -0.25) is 4.79 Å². The summed E-state index contributed by atoms with van der Waals surface area (Å²) in [6.07, 6.45) is 0.0588. The Morgan fingerprint density at radius 3 is 2.24 bits per heavy atom. The van der Waals surface area contributed by atoms with Crippen LogP contribution in [0.3, 0.4) is 0 Å². The maximum Gasteiger partial charge on any atom is 0.310 e. The van der Waals surface area contributed by atoms with Crippen LogP contribution >= 0.6 is 31.9 Å². The summed E-state index contributed by atoms with van der Waals surface area (Å²) in [5, 5.41) is 0. The van der Waals surface area contributed by atoms with E-state index >= 15 is 0 Å². The first-order chi connectivity index (χ1) is 11.7. The van der Waals surface area contributed by atoms with E-state index in [2.05, 4.69) is 31.9 Å². The molecule has 0 spiro atoms. The van der Waals surface area contributed by atoms with Crippen LogP contribution in [-0.4, -0.2) is 11.6 Å². The molecule has 0 bridgehead atoms. The first kappa shape index (κ1) is 18.3. The number of carbonyl (C=O) groups excluding carboxylic acids is 1. The SMILES string of the molecule is CC1(C)OC(=O)CC1=C(c1cc(Br)cc(Br)c1)c1ccc(F)cc1F. The van der Waals surface area contributed by atoms with Crippen LogP contribution < -0.4 is 0 Å². The fourth-order valence-electron chi connectivity index (χ4n) is 3.01. The zero-order valence-electron chi connectivity index (χ0n) is 13.5. The van der Waals surface area contributed by atoms with Gasteiger partial charge in [0.15, 0.2) is 0 Å². The molecule has 0 amide bonds. The predicted molar refractivity (Wildman–Crippen MR) is 99.0 cm³/mol. The highest BCUT2D eigenvalue weighted by Gasteiger charge is 2.39. The monoisotopic (exact) mass is 470 g/mol. The predicted octanol–water partition coefficient (Wildman–Crippen LogP) is 6.02. The van der Waals surface area contributed by atoms with Crippen molar-refractivity contribution in [2.75, 3.05) is 0 Å². The van der Waals surface area contributed by atoms with Crippen molar-refractivity contribution in [2.45, 2.75) is 25.9 Å². The quantitative estimate of drug-likeness (QED) is 0.501. The van der Waals surface area contributed by atoms with Gasteiger partial charge in [0.2, 0.25) is 0 Å². The van der Waals surface area contributed by atoms with Crippen molar-refractivity contribution in [3.63, 3.8) is 0 Å². The maximum atomic E-state index is 14.6. The Labute approximate surface area is 161 Å². The van der Waals surface area contributed by atoms with E-state index in [4.69, 9.17) is 4.74 Å². The number of hydrogen-bond acceptors (Lipinski definition) is 2. The second kappa shape index (κ2) is 6.65. The summed E-state index contributed by atoms with van der Waals surface area (Å²) in [5.41, 5.74) is 1.26. The van der Waals surface area contributed by atoms with E-state index in [1.54, 1.807) is 13.8 Å². The van der Waals surface area contributed by atoms with Gasteiger partial charge in [-0.1, -0.05) is 31.9 Å². The molecular formula is C19H14Br2F2O2. The third-order valence-corrected chi connectivity index (χ3v) is 4.99. The second-order valence-corrected chi connectivity index (χ2v) is 8.13. The summed E-state index contributed by atoms with van der Waals surface area (Å²) in [5.74, 6) is -1.71. The molecule has 1 aliphatic heterocycles. The van der Waals surface area contributed by atoms with Gasteiger partial charge in [-0.25, -0.2) is 8.78 Å². The van der Waals surface area contributed by atoms with Crippen LogP contribution in [0.5, 0.6) is 0 Å². The molecule has 1 heterocycles. The lowest BCUT2D eigenvalue weighted by Crippen LogP contribution is -2.22. The Morgan fingerprint density at radius 1 is 1.08 bits per heavy atom. The molecule has 1 fully saturated rings. The highest BCUT2D eigenvalue weighted by Crippen LogP contribution is 2.42. The minimum atomic E-state index is -0.873. The highest BCUT2D eigenvalue weighted by molar-refractivity contribution is 9.11. The molecule has 2 aromatic rings. The van der Waals surface area contributed by atoms with Gasteiger partial charge in [-0.05, 0) is 60.9 Å². The topological polar surface area (TPSA) is 26.3 Å². The van der Waals surface area contributed by atoms with Gasteiger partial charge < -0.3 is 4.74 Å². The van der Waals surface area contributed by atoms with Crippen LogP contribution in [0, 0.1) is 11.6 Å². The van der Waals surface area contributed by atoms with Crippen molar-refractivity contribution < 1.29 is 18.3 Å². The molecule has 0 radical (unpaired) electrons. The van der Waals surface area contributed by atoms with E-state index in [1.807, 2.05) is 18.2 Å². The molecule has 0 unspecified atom stereocenters.